The Labute approximate surface area is 95.0 Å². The number of ether oxygens (including phenoxy) is 1. The highest BCUT2D eigenvalue weighted by atomic mass is 19.1. The van der Waals surface area contributed by atoms with E-state index in [1.165, 1.54) is 0 Å². The predicted molar refractivity (Wildman–Crippen MR) is 60.3 cm³/mol. The van der Waals surface area contributed by atoms with Gasteiger partial charge in [-0.2, -0.15) is 0 Å². The Morgan fingerprint density at radius 2 is 2.25 bits per heavy atom. The van der Waals surface area contributed by atoms with Crippen molar-refractivity contribution in [1.29, 1.82) is 0 Å². The van der Waals surface area contributed by atoms with E-state index in [0.717, 1.165) is 13.0 Å². The number of halogens is 1. The van der Waals surface area contributed by atoms with Crippen LogP contribution in [0.15, 0.2) is 18.5 Å². The number of aromatic nitrogens is 1. The fourth-order valence-electron chi connectivity index (χ4n) is 2.09. The molecule has 4 heteroatoms. The molecule has 1 unspecified atom stereocenters. The fourth-order valence-corrected chi connectivity index (χ4v) is 2.09. The van der Waals surface area contributed by atoms with Gasteiger partial charge in [0.25, 0.3) is 0 Å². The summed E-state index contributed by atoms with van der Waals surface area (Å²) in [7, 11) is 1.57. The van der Waals surface area contributed by atoms with Gasteiger partial charge in [-0.3, -0.25) is 4.98 Å². The van der Waals surface area contributed by atoms with Crippen LogP contribution < -0.4 is 10.1 Å². The summed E-state index contributed by atoms with van der Waals surface area (Å²) in [6.45, 7) is 1.61. The number of hydrogen-bond acceptors (Lipinski definition) is 3. The minimum atomic E-state index is -1.26. The molecular weight excluding hydrogens is 207 g/mol. The highest BCUT2D eigenvalue weighted by Gasteiger charge is 2.33. The molecule has 1 aromatic heterocycles. The third kappa shape index (κ3) is 2.32. The molecule has 16 heavy (non-hydrogen) atoms. The molecule has 1 fully saturated rings. The Morgan fingerprint density at radius 3 is 3.06 bits per heavy atom. The summed E-state index contributed by atoms with van der Waals surface area (Å²) in [5.74, 6) is 0.617. The first kappa shape index (κ1) is 11.3. The van der Waals surface area contributed by atoms with E-state index in [-0.39, 0.29) is 0 Å². The Bertz CT molecular complexity index is 349. The maximum absolute atomic E-state index is 14.7. The van der Waals surface area contributed by atoms with E-state index in [2.05, 4.69) is 10.3 Å². The summed E-state index contributed by atoms with van der Waals surface area (Å²) in [6.07, 6.45) is 5.11. The standard InChI is InChI=1S/C12H17FN2O/c1-16-11-7-10(8-15-9-11)12(13)3-2-5-14-6-4-12/h7-9,14H,2-6H2,1H3. The lowest BCUT2D eigenvalue weighted by Gasteiger charge is -2.23. The van der Waals surface area contributed by atoms with Crippen molar-refractivity contribution in [3.05, 3.63) is 24.0 Å². The summed E-state index contributed by atoms with van der Waals surface area (Å²) in [5.41, 5.74) is -0.624. The van der Waals surface area contributed by atoms with Gasteiger partial charge in [0, 0.05) is 11.8 Å². The molecule has 0 aromatic carbocycles. The van der Waals surface area contributed by atoms with Crippen molar-refractivity contribution >= 4 is 0 Å². The van der Waals surface area contributed by atoms with Crippen LogP contribution in [0.5, 0.6) is 5.75 Å². The number of rotatable bonds is 2. The van der Waals surface area contributed by atoms with Crippen LogP contribution in [0.25, 0.3) is 0 Å². The molecule has 2 rings (SSSR count). The van der Waals surface area contributed by atoms with Crippen molar-refractivity contribution < 1.29 is 9.13 Å². The van der Waals surface area contributed by atoms with Crippen LogP contribution in [0.1, 0.15) is 24.8 Å². The minimum Gasteiger partial charge on any atom is -0.495 e. The van der Waals surface area contributed by atoms with Gasteiger partial charge in [0.15, 0.2) is 0 Å². The van der Waals surface area contributed by atoms with Crippen molar-refractivity contribution in [2.75, 3.05) is 20.2 Å². The number of nitrogens with zero attached hydrogens (tertiary/aromatic N) is 1. The van der Waals surface area contributed by atoms with E-state index in [4.69, 9.17) is 4.74 Å². The third-order valence-corrected chi connectivity index (χ3v) is 3.09. The minimum absolute atomic E-state index is 0.502. The predicted octanol–water partition coefficient (Wildman–Crippen LogP) is 2.03. The first-order valence-corrected chi connectivity index (χ1v) is 5.64. The maximum atomic E-state index is 14.7. The van der Waals surface area contributed by atoms with Crippen LogP contribution in [-0.4, -0.2) is 25.2 Å². The molecule has 88 valence electrons. The van der Waals surface area contributed by atoms with Crippen molar-refractivity contribution in [3.8, 4) is 5.75 Å². The molecular formula is C12H17FN2O. The Kier molecular flexibility index (Phi) is 3.39. The normalized spacial score (nSPS) is 26.1. The van der Waals surface area contributed by atoms with Crippen molar-refractivity contribution in [2.45, 2.75) is 24.9 Å². The van der Waals surface area contributed by atoms with Crippen molar-refractivity contribution in [2.24, 2.45) is 0 Å². The van der Waals surface area contributed by atoms with E-state index in [9.17, 15) is 4.39 Å². The Hall–Kier alpha value is -1.16. The molecule has 1 aliphatic heterocycles. The summed E-state index contributed by atoms with van der Waals surface area (Å²) >= 11 is 0. The summed E-state index contributed by atoms with van der Waals surface area (Å²) in [6, 6.07) is 1.75. The van der Waals surface area contributed by atoms with Gasteiger partial charge in [-0.25, -0.2) is 4.39 Å². The number of methoxy groups -OCH3 is 1. The Morgan fingerprint density at radius 1 is 1.38 bits per heavy atom. The van der Waals surface area contributed by atoms with Crippen molar-refractivity contribution in [1.82, 2.24) is 10.3 Å². The van der Waals surface area contributed by atoms with Gasteiger partial charge < -0.3 is 10.1 Å². The number of pyridine rings is 1. The average molecular weight is 224 g/mol. The highest BCUT2D eigenvalue weighted by molar-refractivity contribution is 5.28. The molecule has 1 aliphatic rings. The lowest BCUT2D eigenvalue weighted by Crippen LogP contribution is -2.22. The smallest absolute Gasteiger partial charge is 0.138 e. The molecule has 0 amide bonds. The summed E-state index contributed by atoms with van der Waals surface area (Å²) in [4.78, 5) is 4.02. The highest BCUT2D eigenvalue weighted by Crippen LogP contribution is 2.36. The quantitative estimate of drug-likeness (QED) is 0.834. The molecule has 0 radical (unpaired) electrons. The SMILES string of the molecule is COc1cncc(C2(F)CCCNCC2)c1. The molecule has 1 atom stereocenters. The van der Waals surface area contributed by atoms with Gasteiger partial charge in [0.05, 0.1) is 13.3 Å². The summed E-state index contributed by atoms with van der Waals surface area (Å²) in [5, 5.41) is 3.21. The first-order chi connectivity index (χ1) is 7.74. The fraction of sp³-hybridized carbons (Fsp3) is 0.583. The molecule has 0 bridgehead atoms. The van der Waals surface area contributed by atoms with E-state index in [0.29, 0.717) is 30.7 Å². The second kappa shape index (κ2) is 4.78. The van der Waals surface area contributed by atoms with Gasteiger partial charge in [-0.05, 0) is 38.4 Å². The van der Waals surface area contributed by atoms with Crippen LogP contribution >= 0.6 is 0 Å². The molecule has 1 N–H and O–H groups in total. The van der Waals surface area contributed by atoms with Gasteiger partial charge in [-0.15, -0.1) is 0 Å². The van der Waals surface area contributed by atoms with Crippen LogP contribution in [0.3, 0.4) is 0 Å². The summed E-state index contributed by atoms with van der Waals surface area (Å²) < 4.78 is 19.8. The van der Waals surface area contributed by atoms with Crippen molar-refractivity contribution in [3.63, 3.8) is 0 Å². The van der Waals surface area contributed by atoms with Crippen LogP contribution in [0.4, 0.5) is 4.39 Å². The van der Waals surface area contributed by atoms with E-state index in [1.54, 1.807) is 25.6 Å². The number of alkyl halides is 1. The third-order valence-electron chi connectivity index (χ3n) is 3.09. The lowest BCUT2D eigenvalue weighted by atomic mass is 9.90. The zero-order chi connectivity index (χ0) is 11.4. The largest absolute Gasteiger partial charge is 0.495 e. The van der Waals surface area contributed by atoms with Gasteiger partial charge in [-0.1, -0.05) is 0 Å². The topological polar surface area (TPSA) is 34.1 Å². The maximum Gasteiger partial charge on any atom is 0.138 e. The second-order valence-corrected chi connectivity index (χ2v) is 4.18. The van der Waals surface area contributed by atoms with Gasteiger partial charge in [0.2, 0.25) is 0 Å². The van der Waals surface area contributed by atoms with E-state index in [1.807, 2.05) is 0 Å². The molecule has 3 nitrogen and oxygen atoms in total. The number of nitrogens with one attached hydrogen (secondary N) is 1. The molecule has 0 spiro atoms. The van der Waals surface area contributed by atoms with Crippen LogP contribution in [0, 0.1) is 0 Å². The molecule has 0 aliphatic carbocycles. The van der Waals surface area contributed by atoms with Crippen LogP contribution in [0.2, 0.25) is 0 Å². The van der Waals surface area contributed by atoms with Crippen LogP contribution in [-0.2, 0) is 5.67 Å². The average Bonchev–Trinajstić information content (AvgIpc) is 2.55. The van der Waals surface area contributed by atoms with E-state index < -0.39 is 5.67 Å². The zero-order valence-electron chi connectivity index (χ0n) is 9.50. The zero-order valence-corrected chi connectivity index (χ0v) is 9.50. The molecule has 1 saturated heterocycles. The molecule has 0 saturated carbocycles. The molecule has 1 aromatic rings. The van der Waals surface area contributed by atoms with E-state index >= 15 is 0 Å². The van der Waals surface area contributed by atoms with Gasteiger partial charge in [0.1, 0.15) is 11.4 Å². The number of hydrogen-bond donors (Lipinski definition) is 1. The van der Waals surface area contributed by atoms with Gasteiger partial charge >= 0.3 is 0 Å². The Balaban J connectivity index is 2.25. The monoisotopic (exact) mass is 224 g/mol. The first-order valence-electron chi connectivity index (χ1n) is 5.64. The molecule has 2 heterocycles. The lowest BCUT2D eigenvalue weighted by molar-refractivity contribution is 0.144. The second-order valence-electron chi connectivity index (χ2n) is 4.18.